The standard InChI is InChI=1S/C27H27N3O5/c1-2-7-24(26(32)33)30-25(31)14-17-12-13-18(15-28-17)29-27(34)35-16-23-21-10-5-3-8-19(21)20-9-4-6-11-22(20)23/h3-6,8-13,15,23-24H,2,7,14,16H2,1H3,(H,29,34)(H,30,31)(H,32,33). The maximum absolute atomic E-state index is 12.4. The van der Waals surface area contributed by atoms with Crippen LogP contribution in [0, 0.1) is 0 Å². The minimum Gasteiger partial charge on any atom is -0.480 e. The number of nitrogens with one attached hydrogen (secondary N) is 2. The number of carbonyl (C=O) groups is 3. The average Bonchev–Trinajstić information content (AvgIpc) is 3.17. The topological polar surface area (TPSA) is 118 Å². The first-order valence-corrected chi connectivity index (χ1v) is 11.6. The van der Waals surface area contributed by atoms with Crippen molar-refractivity contribution in [3.05, 3.63) is 83.7 Å². The third-order valence-corrected chi connectivity index (χ3v) is 5.97. The van der Waals surface area contributed by atoms with Crippen molar-refractivity contribution in [2.45, 2.75) is 38.1 Å². The first-order chi connectivity index (χ1) is 17.0. The van der Waals surface area contributed by atoms with Crippen LogP contribution in [0.5, 0.6) is 0 Å². The molecule has 0 spiro atoms. The summed E-state index contributed by atoms with van der Waals surface area (Å²) in [6, 6.07) is 18.5. The smallest absolute Gasteiger partial charge is 0.411 e. The van der Waals surface area contributed by atoms with E-state index in [0.29, 0.717) is 24.2 Å². The van der Waals surface area contributed by atoms with Crippen molar-refractivity contribution < 1.29 is 24.2 Å². The number of ether oxygens (including phenoxy) is 1. The molecule has 4 rings (SSSR count). The summed E-state index contributed by atoms with van der Waals surface area (Å²) in [4.78, 5) is 40.0. The molecule has 0 fully saturated rings. The van der Waals surface area contributed by atoms with Crippen LogP contribution in [0.2, 0.25) is 0 Å². The van der Waals surface area contributed by atoms with Gasteiger partial charge >= 0.3 is 12.1 Å². The molecular weight excluding hydrogens is 446 g/mol. The summed E-state index contributed by atoms with van der Waals surface area (Å²) in [7, 11) is 0. The molecule has 1 aromatic heterocycles. The fraction of sp³-hybridized carbons (Fsp3) is 0.259. The summed E-state index contributed by atoms with van der Waals surface area (Å²) in [5, 5.41) is 14.3. The highest BCUT2D eigenvalue weighted by molar-refractivity contribution is 5.86. The van der Waals surface area contributed by atoms with Gasteiger partial charge in [0, 0.05) is 11.6 Å². The van der Waals surface area contributed by atoms with Crippen LogP contribution >= 0.6 is 0 Å². The average molecular weight is 474 g/mol. The highest BCUT2D eigenvalue weighted by atomic mass is 16.5. The molecule has 0 bridgehead atoms. The minimum absolute atomic E-state index is 0.0329. The molecular formula is C27H27N3O5. The van der Waals surface area contributed by atoms with E-state index >= 15 is 0 Å². The van der Waals surface area contributed by atoms with Gasteiger partial charge in [-0.25, -0.2) is 9.59 Å². The van der Waals surface area contributed by atoms with Gasteiger partial charge in [0.1, 0.15) is 12.6 Å². The third-order valence-electron chi connectivity index (χ3n) is 5.97. The molecule has 2 amide bonds. The number of aromatic nitrogens is 1. The summed E-state index contributed by atoms with van der Waals surface area (Å²) in [6.07, 6.45) is 1.79. The number of fused-ring (bicyclic) bond motifs is 3. The van der Waals surface area contributed by atoms with Gasteiger partial charge < -0.3 is 15.2 Å². The molecule has 1 unspecified atom stereocenters. The van der Waals surface area contributed by atoms with Crippen LogP contribution in [-0.4, -0.2) is 40.7 Å². The molecule has 0 saturated heterocycles. The van der Waals surface area contributed by atoms with Gasteiger partial charge in [0.2, 0.25) is 5.91 Å². The van der Waals surface area contributed by atoms with E-state index in [1.54, 1.807) is 12.1 Å². The first-order valence-electron chi connectivity index (χ1n) is 11.6. The van der Waals surface area contributed by atoms with Crippen molar-refractivity contribution in [3.63, 3.8) is 0 Å². The molecule has 35 heavy (non-hydrogen) atoms. The Kier molecular flexibility index (Phi) is 7.40. The number of pyridine rings is 1. The number of hydrogen-bond donors (Lipinski definition) is 3. The number of aliphatic carboxylic acids is 1. The number of amides is 2. The van der Waals surface area contributed by atoms with Crippen LogP contribution < -0.4 is 10.6 Å². The molecule has 1 aliphatic rings. The predicted octanol–water partition coefficient (Wildman–Crippen LogP) is 4.35. The van der Waals surface area contributed by atoms with E-state index in [0.717, 1.165) is 22.3 Å². The molecule has 8 nitrogen and oxygen atoms in total. The number of rotatable bonds is 9. The Morgan fingerprint density at radius 1 is 1.00 bits per heavy atom. The zero-order valence-corrected chi connectivity index (χ0v) is 19.4. The molecule has 8 heteroatoms. The Labute approximate surface area is 203 Å². The minimum atomic E-state index is -1.06. The van der Waals surface area contributed by atoms with Gasteiger partial charge in [-0.3, -0.25) is 15.1 Å². The molecule has 3 aromatic rings. The molecule has 2 aromatic carbocycles. The SMILES string of the molecule is CCCC(NC(=O)Cc1ccc(NC(=O)OCC2c3ccccc3-c3ccccc32)cn1)C(=O)O. The quantitative estimate of drug-likeness (QED) is 0.425. The van der Waals surface area contributed by atoms with Gasteiger partial charge in [-0.15, -0.1) is 0 Å². The van der Waals surface area contributed by atoms with E-state index in [1.165, 1.54) is 6.20 Å². The zero-order valence-electron chi connectivity index (χ0n) is 19.4. The highest BCUT2D eigenvalue weighted by Gasteiger charge is 2.29. The largest absolute Gasteiger partial charge is 0.480 e. The molecule has 1 aliphatic carbocycles. The lowest BCUT2D eigenvalue weighted by Crippen LogP contribution is -2.41. The van der Waals surface area contributed by atoms with E-state index in [9.17, 15) is 14.4 Å². The Bertz CT molecular complexity index is 1180. The first kappa shape index (κ1) is 23.9. The Balaban J connectivity index is 1.31. The lowest BCUT2D eigenvalue weighted by atomic mass is 9.98. The molecule has 0 aliphatic heterocycles. The second-order valence-corrected chi connectivity index (χ2v) is 8.41. The summed E-state index contributed by atoms with van der Waals surface area (Å²) in [6.45, 7) is 2.06. The lowest BCUT2D eigenvalue weighted by Gasteiger charge is -2.15. The number of carboxylic acid groups (broad SMARTS) is 1. The van der Waals surface area contributed by atoms with Crippen molar-refractivity contribution in [2.75, 3.05) is 11.9 Å². The van der Waals surface area contributed by atoms with E-state index in [2.05, 4.69) is 39.9 Å². The van der Waals surface area contributed by atoms with Gasteiger partial charge in [-0.1, -0.05) is 61.9 Å². The summed E-state index contributed by atoms with van der Waals surface area (Å²) < 4.78 is 5.53. The van der Waals surface area contributed by atoms with E-state index < -0.39 is 24.0 Å². The fourth-order valence-corrected chi connectivity index (χ4v) is 4.31. The number of carboxylic acids is 1. The predicted molar refractivity (Wildman–Crippen MR) is 131 cm³/mol. The maximum Gasteiger partial charge on any atom is 0.411 e. The zero-order chi connectivity index (χ0) is 24.8. The molecule has 180 valence electrons. The van der Waals surface area contributed by atoms with Gasteiger partial charge in [0.05, 0.1) is 18.3 Å². The van der Waals surface area contributed by atoms with Crippen LogP contribution in [0.3, 0.4) is 0 Å². The maximum atomic E-state index is 12.4. The summed E-state index contributed by atoms with van der Waals surface area (Å²) in [5.41, 5.74) is 5.47. The second-order valence-electron chi connectivity index (χ2n) is 8.41. The van der Waals surface area contributed by atoms with Crippen LogP contribution in [0.25, 0.3) is 11.1 Å². The van der Waals surface area contributed by atoms with E-state index in [1.807, 2.05) is 31.2 Å². The van der Waals surface area contributed by atoms with Gasteiger partial charge in [0.25, 0.3) is 0 Å². The number of benzene rings is 2. The van der Waals surface area contributed by atoms with Crippen molar-refractivity contribution in [1.29, 1.82) is 0 Å². The monoisotopic (exact) mass is 473 g/mol. The number of nitrogens with zero attached hydrogens (tertiary/aromatic N) is 1. The van der Waals surface area contributed by atoms with Crippen molar-refractivity contribution in [2.24, 2.45) is 0 Å². The summed E-state index contributed by atoms with van der Waals surface area (Å²) >= 11 is 0. The summed E-state index contributed by atoms with van der Waals surface area (Å²) in [5.74, 6) is -1.51. The van der Waals surface area contributed by atoms with Crippen LogP contribution in [-0.2, 0) is 20.7 Å². The number of hydrogen-bond acceptors (Lipinski definition) is 5. The molecule has 3 N–H and O–H groups in total. The Morgan fingerprint density at radius 2 is 1.66 bits per heavy atom. The number of carbonyl (C=O) groups excluding carboxylic acids is 2. The van der Waals surface area contributed by atoms with Gasteiger partial charge in [0.15, 0.2) is 0 Å². The van der Waals surface area contributed by atoms with Gasteiger partial charge in [-0.2, -0.15) is 0 Å². The van der Waals surface area contributed by atoms with Crippen molar-refractivity contribution in [1.82, 2.24) is 10.3 Å². The van der Waals surface area contributed by atoms with Crippen LogP contribution in [0.15, 0.2) is 66.9 Å². The van der Waals surface area contributed by atoms with Crippen molar-refractivity contribution >= 4 is 23.7 Å². The van der Waals surface area contributed by atoms with Crippen LogP contribution in [0.4, 0.5) is 10.5 Å². The molecule has 1 atom stereocenters. The number of anilines is 1. The van der Waals surface area contributed by atoms with Crippen molar-refractivity contribution in [3.8, 4) is 11.1 Å². The lowest BCUT2D eigenvalue weighted by molar-refractivity contribution is -0.141. The third kappa shape index (κ3) is 5.66. The van der Waals surface area contributed by atoms with Crippen LogP contribution in [0.1, 0.15) is 42.5 Å². The fourth-order valence-electron chi connectivity index (χ4n) is 4.31. The van der Waals surface area contributed by atoms with E-state index in [4.69, 9.17) is 9.84 Å². The second kappa shape index (κ2) is 10.8. The molecule has 1 heterocycles. The van der Waals surface area contributed by atoms with Gasteiger partial charge in [-0.05, 0) is 40.8 Å². The highest BCUT2D eigenvalue weighted by Crippen LogP contribution is 2.44. The molecule has 0 saturated carbocycles. The van der Waals surface area contributed by atoms with E-state index in [-0.39, 0.29) is 18.9 Å². The molecule has 0 radical (unpaired) electrons. The normalized spacial score (nSPS) is 12.8. The Morgan fingerprint density at radius 3 is 2.23 bits per heavy atom. The Hall–Kier alpha value is -4.20.